The Morgan fingerprint density at radius 2 is 1.63 bits per heavy atom. The smallest absolute Gasteiger partial charge is 0.416 e. The molecule has 7 heteroatoms. The van der Waals surface area contributed by atoms with E-state index in [1.165, 1.54) is 12.1 Å². The first-order chi connectivity index (χ1) is 14.3. The molecule has 30 heavy (non-hydrogen) atoms. The van der Waals surface area contributed by atoms with Crippen LogP contribution in [0.2, 0.25) is 0 Å². The molecule has 0 aliphatic carbocycles. The number of amides is 2. The summed E-state index contributed by atoms with van der Waals surface area (Å²) in [4.78, 5) is 14.1. The number of urea groups is 1. The van der Waals surface area contributed by atoms with Crippen LogP contribution in [0.3, 0.4) is 0 Å². The first-order valence-electron chi connectivity index (χ1n) is 9.34. The van der Waals surface area contributed by atoms with Gasteiger partial charge in [-0.05, 0) is 58.7 Å². The number of hydrogen-bond donors (Lipinski definition) is 1. The van der Waals surface area contributed by atoms with Crippen molar-refractivity contribution in [2.45, 2.75) is 19.3 Å². The van der Waals surface area contributed by atoms with Crippen molar-refractivity contribution in [2.75, 3.05) is 12.0 Å². The molecule has 0 spiro atoms. The minimum Gasteiger partial charge on any atom is -0.497 e. The Bertz CT molecular complexity index is 1060. The number of halogens is 3. The van der Waals surface area contributed by atoms with Gasteiger partial charge in [-0.25, -0.2) is 4.79 Å². The standard InChI is InChI=1S/C23H19F3N2O2/c1-30-20-9-2-15(3-10-20)14-28-21-11-6-17(12-18(21)13-27-22(28)29)16-4-7-19(8-5-16)23(24,25)26/h2-12H,13-14H2,1H3,(H,27,29). The van der Waals surface area contributed by atoms with Gasteiger partial charge in [-0.15, -0.1) is 0 Å². The van der Waals surface area contributed by atoms with Crippen LogP contribution in [0.5, 0.6) is 5.75 Å². The average molecular weight is 412 g/mol. The molecule has 1 N–H and O–H groups in total. The Morgan fingerprint density at radius 1 is 0.967 bits per heavy atom. The summed E-state index contributed by atoms with van der Waals surface area (Å²) >= 11 is 0. The first kappa shape index (κ1) is 19.8. The van der Waals surface area contributed by atoms with Gasteiger partial charge >= 0.3 is 12.2 Å². The lowest BCUT2D eigenvalue weighted by atomic mass is 9.99. The number of fused-ring (bicyclic) bond motifs is 1. The maximum Gasteiger partial charge on any atom is 0.416 e. The van der Waals surface area contributed by atoms with Crippen molar-refractivity contribution in [3.05, 3.63) is 83.4 Å². The third-order valence-electron chi connectivity index (χ3n) is 5.09. The second kappa shape index (κ2) is 7.74. The molecule has 0 saturated heterocycles. The maximum atomic E-state index is 12.8. The average Bonchev–Trinajstić information content (AvgIpc) is 2.75. The number of nitrogens with zero attached hydrogens (tertiary/aromatic N) is 1. The van der Waals surface area contributed by atoms with Gasteiger partial charge in [-0.3, -0.25) is 4.90 Å². The number of ether oxygens (including phenoxy) is 1. The highest BCUT2D eigenvalue weighted by molar-refractivity contribution is 5.95. The van der Waals surface area contributed by atoms with Crippen molar-refractivity contribution in [3.63, 3.8) is 0 Å². The molecule has 0 saturated carbocycles. The van der Waals surface area contributed by atoms with Crippen molar-refractivity contribution < 1.29 is 22.7 Å². The molecule has 1 aliphatic rings. The largest absolute Gasteiger partial charge is 0.497 e. The predicted molar refractivity (Wildman–Crippen MR) is 108 cm³/mol. The molecule has 154 valence electrons. The Hall–Kier alpha value is -3.48. The SMILES string of the molecule is COc1ccc(CN2C(=O)NCc3cc(-c4ccc(C(F)(F)F)cc4)ccc32)cc1. The van der Waals surface area contributed by atoms with E-state index in [0.717, 1.165) is 40.3 Å². The predicted octanol–water partition coefficient (Wildman–Crippen LogP) is 5.61. The quantitative estimate of drug-likeness (QED) is 0.605. The van der Waals surface area contributed by atoms with Gasteiger partial charge in [-0.2, -0.15) is 13.2 Å². The Labute approximate surface area is 171 Å². The zero-order chi connectivity index (χ0) is 21.3. The molecule has 3 aromatic carbocycles. The molecule has 2 amide bonds. The zero-order valence-electron chi connectivity index (χ0n) is 16.2. The summed E-state index contributed by atoms with van der Waals surface area (Å²) in [7, 11) is 1.59. The second-order valence-corrected chi connectivity index (χ2v) is 7.01. The minimum absolute atomic E-state index is 0.194. The summed E-state index contributed by atoms with van der Waals surface area (Å²) in [5.41, 5.74) is 3.44. The van der Waals surface area contributed by atoms with Gasteiger partial charge in [-0.1, -0.05) is 30.3 Å². The van der Waals surface area contributed by atoms with Crippen LogP contribution in [0.4, 0.5) is 23.7 Å². The molecule has 0 bridgehead atoms. The molecule has 0 aromatic heterocycles. The van der Waals surface area contributed by atoms with Gasteiger partial charge in [0.1, 0.15) is 5.75 Å². The van der Waals surface area contributed by atoms with E-state index in [1.807, 2.05) is 42.5 Å². The topological polar surface area (TPSA) is 41.6 Å². The summed E-state index contributed by atoms with van der Waals surface area (Å²) in [5.74, 6) is 0.739. The van der Waals surface area contributed by atoms with E-state index in [4.69, 9.17) is 4.74 Å². The van der Waals surface area contributed by atoms with Gasteiger partial charge in [0, 0.05) is 6.54 Å². The highest BCUT2D eigenvalue weighted by Gasteiger charge is 2.30. The van der Waals surface area contributed by atoms with E-state index in [0.29, 0.717) is 18.7 Å². The molecule has 1 aliphatic heterocycles. The third kappa shape index (κ3) is 3.96. The second-order valence-electron chi connectivity index (χ2n) is 7.01. The summed E-state index contributed by atoms with van der Waals surface area (Å²) in [6.45, 7) is 0.754. The Kier molecular flexibility index (Phi) is 5.11. The normalized spacial score (nSPS) is 13.6. The lowest BCUT2D eigenvalue weighted by molar-refractivity contribution is -0.137. The number of carbonyl (C=O) groups excluding carboxylic acids is 1. The Balaban J connectivity index is 1.60. The molecule has 0 atom stereocenters. The first-order valence-corrected chi connectivity index (χ1v) is 9.34. The lowest BCUT2D eigenvalue weighted by Gasteiger charge is -2.30. The number of hydrogen-bond acceptors (Lipinski definition) is 2. The van der Waals surface area contributed by atoms with Crippen LogP contribution in [0.1, 0.15) is 16.7 Å². The van der Waals surface area contributed by atoms with Gasteiger partial charge in [0.25, 0.3) is 0 Å². The van der Waals surface area contributed by atoms with Gasteiger partial charge in [0.2, 0.25) is 0 Å². The number of nitrogens with one attached hydrogen (secondary N) is 1. The molecule has 4 nitrogen and oxygen atoms in total. The molecule has 0 fully saturated rings. The number of methoxy groups -OCH3 is 1. The summed E-state index contributed by atoms with van der Waals surface area (Å²) in [6, 6.07) is 17.9. The van der Waals surface area contributed by atoms with E-state index in [9.17, 15) is 18.0 Å². The molecule has 1 heterocycles. The number of alkyl halides is 3. The van der Waals surface area contributed by atoms with Crippen molar-refractivity contribution in [2.24, 2.45) is 0 Å². The number of rotatable bonds is 4. The minimum atomic E-state index is -4.36. The van der Waals surface area contributed by atoms with Crippen LogP contribution in [-0.4, -0.2) is 13.1 Å². The summed E-state index contributed by atoms with van der Waals surface area (Å²) in [5, 5.41) is 2.85. The highest BCUT2D eigenvalue weighted by atomic mass is 19.4. The monoisotopic (exact) mass is 412 g/mol. The third-order valence-corrected chi connectivity index (χ3v) is 5.09. The van der Waals surface area contributed by atoms with E-state index in [2.05, 4.69) is 5.32 Å². The molecule has 0 radical (unpaired) electrons. The maximum absolute atomic E-state index is 12.8. The van der Waals surface area contributed by atoms with Gasteiger partial charge < -0.3 is 10.1 Å². The van der Waals surface area contributed by atoms with E-state index in [-0.39, 0.29) is 6.03 Å². The molecular formula is C23H19F3N2O2. The van der Waals surface area contributed by atoms with Crippen LogP contribution in [-0.2, 0) is 19.3 Å². The fraction of sp³-hybridized carbons (Fsp3) is 0.174. The number of benzene rings is 3. The van der Waals surface area contributed by atoms with E-state index >= 15 is 0 Å². The zero-order valence-corrected chi connectivity index (χ0v) is 16.2. The van der Waals surface area contributed by atoms with Gasteiger partial charge in [0.15, 0.2) is 0 Å². The van der Waals surface area contributed by atoms with Crippen LogP contribution in [0, 0.1) is 0 Å². The van der Waals surface area contributed by atoms with Crippen molar-refractivity contribution in [1.29, 1.82) is 0 Å². The van der Waals surface area contributed by atoms with Crippen molar-refractivity contribution >= 4 is 11.7 Å². The lowest BCUT2D eigenvalue weighted by Crippen LogP contribution is -2.43. The van der Waals surface area contributed by atoms with Crippen molar-refractivity contribution in [3.8, 4) is 16.9 Å². The van der Waals surface area contributed by atoms with Crippen LogP contribution >= 0.6 is 0 Å². The van der Waals surface area contributed by atoms with Gasteiger partial charge in [0.05, 0.1) is 24.9 Å². The fourth-order valence-corrected chi connectivity index (χ4v) is 3.47. The summed E-state index contributed by atoms with van der Waals surface area (Å²) in [6.07, 6.45) is -4.36. The van der Waals surface area contributed by atoms with E-state index < -0.39 is 11.7 Å². The van der Waals surface area contributed by atoms with Crippen LogP contribution < -0.4 is 15.0 Å². The molecule has 0 unspecified atom stereocenters. The molecule has 3 aromatic rings. The number of anilines is 1. The van der Waals surface area contributed by atoms with Crippen molar-refractivity contribution in [1.82, 2.24) is 5.32 Å². The molecule has 4 rings (SSSR count). The highest BCUT2D eigenvalue weighted by Crippen LogP contribution is 2.34. The fourth-order valence-electron chi connectivity index (χ4n) is 3.47. The van der Waals surface area contributed by atoms with E-state index in [1.54, 1.807) is 12.0 Å². The Morgan fingerprint density at radius 3 is 2.27 bits per heavy atom. The van der Waals surface area contributed by atoms with Crippen LogP contribution in [0.25, 0.3) is 11.1 Å². The molecular weight excluding hydrogens is 393 g/mol. The van der Waals surface area contributed by atoms with Crippen LogP contribution in [0.15, 0.2) is 66.7 Å². The summed E-state index contributed by atoms with van der Waals surface area (Å²) < 4.78 is 43.5. The number of carbonyl (C=O) groups is 1.